The molecule has 3 rings (SSSR count). The van der Waals surface area contributed by atoms with E-state index in [0.29, 0.717) is 17.7 Å². The zero-order valence-electron chi connectivity index (χ0n) is 17.3. The summed E-state index contributed by atoms with van der Waals surface area (Å²) < 4.78 is 0. The maximum Gasteiger partial charge on any atom is 0.475 e. The van der Waals surface area contributed by atoms with Gasteiger partial charge in [0.2, 0.25) is 5.60 Å². The van der Waals surface area contributed by atoms with Gasteiger partial charge >= 0.3 is 7.12 Å². The third-order valence-corrected chi connectivity index (χ3v) is 5.19. The topological polar surface area (TPSA) is 120 Å². The van der Waals surface area contributed by atoms with E-state index >= 15 is 0 Å². The van der Waals surface area contributed by atoms with E-state index < -0.39 is 24.6 Å². The number of oxime groups is 1. The first kappa shape index (κ1) is 22.5. The average Bonchev–Trinajstić information content (AvgIpc) is 3.20. The van der Waals surface area contributed by atoms with Crippen LogP contribution in [0.5, 0.6) is 0 Å². The Kier molecular flexibility index (Phi) is 7.43. The minimum absolute atomic E-state index is 0.136. The molecule has 0 aromatic heterocycles. The first-order valence-corrected chi connectivity index (χ1v) is 10.2. The Morgan fingerprint density at radius 1 is 1.13 bits per heavy atom. The van der Waals surface area contributed by atoms with Crippen molar-refractivity contribution < 1.29 is 24.5 Å². The standard InChI is InChI=1S/C22H26BN3O5/c1-2-19(23(29)30)25-21(28)22(13-16-9-5-3-6-10-16)14-18(26-31-22)15-24-20(27)17-11-7-4-8-12-17/h3-12,19,29-30H,2,13-15H2,1H3,(H,24,27)(H,25,28). The molecule has 2 unspecified atom stereocenters. The zero-order chi connectivity index (χ0) is 22.3. The van der Waals surface area contributed by atoms with E-state index in [-0.39, 0.29) is 25.3 Å². The van der Waals surface area contributed by atoms with E-state index in [4.69, 9.17) is 4.84 Å². The number of hydrogen-bond acceptors (Lipinski definition) is 6. The fourth-order valence-corrected chi connectivity index (χ4v) is 3.42. The van der Waals surface area contributed by atoms with Gasteiger partial charge in [0.25, 0.3) is 11.8 Å². The van der Waals surface area contributed by atoms with Gasteiger partial charge < -0.3 is 25.5 Å². The summed E-state index contributed by atoms with van der Waals surface area (Å²) in [5.74, 6) is -1.56. The van der Waals surface area contributed by atoms with E-state index in [9.17, 15) is 19.6 Å². The molecule has 0 saturated heterocycles. The highest BCUT2D eigenvalue weighted by molar-refractivity contribution is 6.43. The Balaban J connectivity index is 1.71. The van der Waals surface area contributed by atoms with Crippen LogP contribution in [0.3, 0.4) is 0 Å². The zero-order valence-corrected chi connectivity index (χ0v) is 17.3. The molecule has 1 heterocycles. The molecule has 4 N–H and O–H groups in total. The highest BCUT2D eigenvalue weighted by atomic mass is 16.7. The quantitative estimate of drug-likeness (QED) is 0.450. The van der Waals surface area contributed by atoms with Crippen LogP contribution < -0.4 is 10.6 Å². The van der Waals surface area contributed by atoms with Crippen molar-refractivity contribution in [1.29, 1.82) is 0 Å². The van der Waals surface area contributed by atoms with Crippen molar-refractivity contribution in [2.24, 2.45) is 5.16 Å². The first-order valence-electron chi connectivity index (χ1n) is 10.2. The van der Waals surface area contributed by atoms with Gasteiger partial charge in [-0.3, -0.25) is 9.59 Å². The third-order valence-electron chi connectivity index (χ3n) is 5.19. The third kappa shape index (κ3) is 5.71. The summed E-state index contributed by atoms with van der Waals surface area (Å²) in [6.45, 7) is 1.88. The fourth-order valence-electron chi connectivity index (χ4n) is 3.42. The minimum Gasteiger partial charge on any atom is -0.426 e. The summed E-state index contributed by atoms with van der Waals surface area (Å²) in [7, 11) is -1.69. The van der Waals surface area contributed by atoms with Crippen molar-refractivity contribution >= 4 is 24.6 Å². The summed E-state index contributed by atoms with van der Waals surface area (Å²) in [6.07, 6.45) is 0.754. The lowest BCUT2D eigenvalue weighted by molar-refractivity contribution is -0.144. The molecular weight excluding hydrogens is 397 g/mol. The number of benzene rings is 2. The van der Waals surface area contributed by atoms with Gasteiger partial charge in [-0.05, 0) is 24.1 Å². The van der Waals surface area contributed by atoms with Gasteiger partial charge in [0.05, 0.1) is 18.2 Å². The molecule has 8 nitrogen and oxygen atoms in total. The van der Waals surface area contributed by atoms with Crippen molar-refractivity contribution in [3.8, 4) is 0 Å². The van der Waals surface area contributed by atoms with Crippen LogP contribution in [0.4, 0.5) is 0 Å². The number of nitrogens with zero attached hydrogens (tertiary/aromatic N) is 1. The molecule has 0 aliphatic carbocycles. The van der Waals surface area contributed by atoms with Gasteiger partial charge in [-0.15, -0.1) is 0 Å². The molecule has 1 aliphatic heterocycles. The predicted molar refractivity (Wildman–Crippen MR) is 117 cm³/mol. The summed E-state index contributed by atoms with van der Waals surface area (Å²) in [5, 5.41) is 28.5. The van der Waals surface area contributed by atoms with Crippen LogP contribution in [-0.2, 0) is 16.1 Å². The van der Waals surface area contributed by atoms with Gasteiger partial charge in [0.1, 0.15) is 0 Å². The number of carbonyl (C=O) groups is 2. The first-order chi connectivity index (χ1) is 14.9. The molecule has 31 heavy (non-hydrogen) atoms. The lowest BCUT2D eigenvalue weighted by Crippen LogP contribution is -2.55. The van der Waals surface area contributed by atoms with Crippen LogP contribution in [0.25, 0.3) is 0 Å². The van der Waals surface area contributed by atoms with Gasteiger partial charge in [-0.25, -0.2) is 0 Å². The van der Waals surface area contributed by atoms with E-state index in [1.165, 1.54) is 0 Å². The Morgan fingerprint density at radius 3 is 2.39 bits per heavy atom. The normalized spacial score (nSPS) is 18.5. The van der Waals surface area contributed by atoms with E-state index in [2.05, 4.69) is 15.8 Å². The molecule has 1 aliphatic rings. The average molecular weight is 423 g/mol. The fraction of sp³-hybridized carbons (Fsp3) is 0.318. The molecule has 2 amide bonds. The van der Waals surface area contributed by atoms with Gasteiger partial charge in [0.15, 0.2) is 0 Å². The van der Waals surface area contributed by atoms with E-state index in [1.807, 2.05) is 36.4 Å². The van der Waals surface area contributed by atoms with Crippen molar-refractivity contribution in [3.63, 3.8) is 0 Å². The Bertz CT molecular complexity index is 923. The van der Waals surface area contributed by atoms with Crippen LogP contribution in [0.2, 0.25) is 0 Å². The lowest BCUT2D eigenvalue weighted by atomic mass is 9.77. The second-order valence-electron chi connectivity index (χ2n) is 7.53. The number of nitrogens with one attached hydrogen (secondary N) is 2. The monoisotopic (exact) mass is 423 g/mol. The summed E-state index contributed by atoms with van der Waals surface area (Å²) in [6, 6.07) is 18.2. The molecule has 0 saturated carbocycles. The maximum atomic E-state index is 13.1. The lowest BCUT2D eigenvalue weighted by Gasteiger charge is -2.28. The Morgan fingerprint density at radius 2 is 1.77 bits per heavy atom. The molecule has 2 aromatic carbocycles. The smallest absolute Gasteiger partial charge is 0.426 e. The van der Waals surface area contributed by atoms with Gasteiger partial charge in [-0.1, -0.05) is 60.6 Å². The summed E-state index contributed by atoms with van der Waals surface area (Å²) >= 11 is 0. The number of hydrogen-bond donors (Lipinski definition) is 4. The van der Waals surface area contributed by atoms with E-state index in [0.717, 1.165) is 5.56 Å². The Labute approximate surface area is 181 Å². The second-order valence-corrected chi connectivity index (χ2v) is 7.53. The van der Waals surface area contributed by atoms with Crippen LogP contribution in [-0.4, -0.2) is 52.8 Å². The molecular formula is C22H26BN3O5. The second kappa shape index (κ2) is 10.2. The van der Waals surface area contributed by atoms with E-state index in [1.54, 1.807) is 31.2 Å². The predicted octanol–water partition coefficient (Wildman–Crippen LogP) is 1.08. The highest BCUT2D eigenvalue weighted by Crippen LogP contribution is 2.29. The molecule has 0 bridgehead atoms. The summed E-state index contributed by atoms with van der Waals surface area (Å²) in [5.41, 5.74) is 0.585. The largest absolute Gasteiger partial charge is 0.475 e. The highest BCUT2D eigenvalue weighted by Gasteiger charge is 2.47. The minimum atomic E-state index is -1.69. The Hall–Kier alpha value is -3.17. The molecule has 2 atom stereocenters. The van der Waals surface area contributed by atoms with Crippen molar-refractivity contribution in [1.82, 2.24) is 10.6 Å². The van der Waals surface area contributed by atoms with Gasteiger partial charge in [0, 0.05) is 18.4 Å². The molecule has 0 fully saturated rings. The molecule has 162 valence electrons. The van der Waals surface area contributed by atoms with Gasteiger partial charge in [-0.2, -0.15) is 0 Å². The molecule has 9 heteroatoms. The van der Waals surface area contributed by atoms with Crippen LogP contribution in [0, 0.1) is 0 Å². The number of carbonyl (C=O) groups excluding carboxylic acids is 2. The van der Waals surface area contributed by atoms with Crippen molar-refractivity contribution in [3.05, 3.63) is 71.8 Å². The maximum absolute atomic E-state index is 13.1. The molecule has 0 radical (unpaired) electrons. The molecule has 2 aromatic rings. The SMILES string of the molecule is CCC(NC(=O)C1(Cc2ccccc2)CC(CNC(=O)c2ccccc2)=NO1)B(O)O. The van der Waals surface area contributed by atoms with Crippen LogP contribution in [0.15, 0.2) is 65.8 Å². The van der Waals surface area contributed by atoms with Crippen molar-refractivity contribution in [2.45, 2.75) is 37.7 Å². The van der Waals surface area contributed by atoms with Crippen LogP contribution in [0.1, 0.15) is 35.7 Å². The number of rotatable bonds is 9. The molecule has 0 spiro atoms. The van der Waals surface area contributed by atoms with Crippen LogP contribution >= 0.6 is 0 Å². The van der Waals surface area contributed by atoms with Crippen molar-refractivity contribution in [2.75, 3.05) is 6.54 Å². The summed E-state index contributed by atoms with van der Waals surface area (Å²) in [4.78, 5) is 31.1. The number of amides is 2.